The van der Waals surface area contributed by atoms with E-state index in [1.54, 1.807) is 0 Å². The molecule has 0 amide bonds. The zero-order valence-corrected chi connectivity index (χ0v) is 7.62. The van der Waals surface area contributed by atoms with E-state index < -0.39 is 13.4 Å². The molecule has 0 aliphatic heterocycles. The van der Waals surface area contributed by atoms with Crippen molar-refractivity contribution in [2.75, 3.05) is 0 Å². The fourth-order valence-electron chi connectivity index (χ4n) is 0. The monoisotopic (exact) mass is 208 g/mol. The predicted octanol–water partition coefficient (Wildman–Crippen LogP) is -6.00. The molecule has 0 fully saturated rings. The molecule has 0 rings (SSSR count). The van der Waals surface area contributed by atoms with Gasteiger partial charge in [0, 0.05) is 0 Å². The van der Waals surface area contributed by atoms with Crippen LogP contribution >= 0.6 is 0 Å². The molecule has 0 unspecified atom stereocenters. The van der Waals surface area contributed by atoms with Crippen LogP contribution in [0.15, 0.2) is 0 Å². The van der Waals surface area contributed by atoms with Crippen LogP contribution in [0.2, 0.25) is 0 Å². The summed E-state index contributed by atoms with van der Waals surface area (Å²) in [5.41, 5.74) is 0. The van der Waals surface area contributed by atoms with Gasteiger partial charge in [-0.3, -0.25) is 0 Å². The predicted molar refractivity (Wildman–Crippen MR) is 7.13 cm³/mol. The second-order valence-corrected chi connectivity index (χ2v) is 1.56. The van der Waals surface area contributed by atoms with Crippen molar-refractivity contribution in [3.05, 3.63) is 0 Å². The summed E-state index contributed by atoms with van der Waals surface area (Å²) in [4.78, 5) is 0. The SMILES string of the molecule is [Li+].[Mg+2].[Ni+2].[O]=[Mn](=[O])([O-])[O-]. The second kappa shape index (κ2) is 8.90. The van der Waals surface area contributed by atoms with Crippen LogP contribution in [0.3, 0.4) is 0 Å². The Morgan fingerprint density at radius 3 is 1.12 bits per heavy atom. The van der Waals surface area contributed by atoms with Crippen LogP contribution in [0.5, 0.6) is 0 Å². The third kappa shape index (κ3) is 104. The van der Waals surface area contributed by atoms with E-state index in [1.807, 2.05) is 0 Å². The Bertz CT molecular complexity index is 99.2. The minimum absolute atomic E-state index is 0. The van der Waals surface area contributed by atoms with Crippen LogP contribution in [0, 0.1) is 0 Å². The van der Waals surface area contributed by atoms with Crippen molar-refractivity contribution in [2.45, 2.75) is 0 Å². The number of hydrogen-bond donors (Lipinski definition) is 0. The molecule has 0 heterocycles. The molecule has 8 heteroatoms. The Morgan fingerprint density at radius 1 is 1.12 bits per heavy atom. The van der Waals surface area contributed by atoms with Crippen molar-refractivity contribution in [3.63, 3.8) is 0 Å². The number of rotatable bonds is 0. The molecule has 0 N–H and O–H groups in total. The fourth-order valence-corrected chi connectivity index (χ4v) is 0. The van der Waals surface area contributed by atoms with Gasteiger partial charge in [0.1, 0.15) is 0 Å². The van der Waals surface area contributed by atoms with Crippen molar-refractivity contribution in [1.29, 1.82) is 0 Å². The van der Waals surface area contributed by atoms with E-state index in [-0.39, 0.29) is 58.4 Å². The van der Waals surface area contributed by atoms with Crippen molar-refractivity contribution < 1.29 is 64.8 Å². The molecule has 41 valence electrons. The third-order valence-corrected chi connectivity index (χ3v) is 0. The van der Waals surface area contributed by atoms with Gasteiger partial charge in [-0.05, 0) is 0 Å². The molecular formula is LiMgMnNiO4+3. The Labute approximate surface area is 86.9 Å². The number of hydrogen-bond acceptors (Lipinski definition) is 4. The van der Waals surface area contributed by atoms with E-state index in [4.69, 9.17) is 16.0 Å². The first-order chi connectivity index (χ1) is 2.00. The van der Waals surface area contributed by atoms with E-state index in [1.165, 1.54) is 0 Å². The van der Waals surface area contributed by atoms with Crippen molar-refractivity contribution in [1.82, 2.24) is 0 Å². The van der Waals surface area contributed by atoms with Gasteiger partial charge in [-0.15, -0.1) is 0 Å². The van der Waals surface area contributed by atoms with Crippen LogP contribution < -0.4 is 27.2 Å². The molecule has 4 nitrogen and oxygen atoms in total. The first kappa shape index (κ1) is 22.5. The van der Waals surface area contributed by atoms with Crippen molar-refractivity contribution >= 4 is 23.1 Å². The van der Waals surface area contributed by atoms with Crippen LogP contribution in [0.25, 0.3) is 0 Å². The van der Waals surface area contributed by atoms with Crippen LogP contribution in [-0.2, 0) is 37.5 Å². The van der Waals surface area contributed by atoms with Gasteiger partial charge in [-0.2, -0.15) is 0 Å². The summed E-state index contributed by atoms with van der Waals surface area (Å²) in [6.07, 6.45) is 0. The summed E-state index contributed by atoms with van der Waals surface area (Å²) >= 11 is -5.62. The average Bonchev–Trinajstić information content (AvgIpc) is 0.722. The minimum atomic E-state index is -5.62. The maximum atomic E-state index is 8.58. The molecule has 0 atom stereocenters. The first-order valence-electron chi connectivity index (χ1n) is 0.617. The average molecular weight is 209 g/mol. The van der Waals surface area contributed by atoms with Gasteiger partial charge >= 0.3 is 87.8 Å². The summed E-state index contributed by atoms with van der Waals surface area (Å²) in [5.74, 6) is 0. The van der Waals surface area contributed by atoms with Gasteiger partial charge < -0.3 is 0 Å². The van der Waals surface area contributed by atoms with Gasteiger partial charge in [0.25, 0.3) is 0 Å². The Balaban J connectivity index is -0.0000000267. The quantitative estimate of drug-likeness (QED) is 0.372. The van der Waals surface area contributed by atoms with Crippen molar-refractivity contribution in [2.24, 2.45) is 0 Å². The van der Waals surface area contributed by atoms with Gasteiger partial charge in [-0.25, -0.2) is 0 Å². The molecule has 0 saturated carbocycles. The van der Waals surface area contributed by atoms with E-state index >= 15 is 0 Å². The third-order valence-electron chi connectivity index (χ3n) is 0. The summed E-state index contributed by atoms with van der Waals surface area (Å²) in [6.45, 7) is 0. The molecule has 8 heavy (non-hydrogen) atoms. The molecule has 0 saturated heterocycles. The Morgan fingerprint density at radius 2 is 1.12 bits per heavy atom. The zero-order valence-electron chi connectivity index (χ0n) is 4.03. The second-order valence-electron chi connectivity index (χ2n) is 0.378. The summed E-state index contributed by atoms with van der Waals surface area (Å²) in [6, 6.07) is 0. The Kier molecular flexibility index (Phi) is 25.1. The standard InChI is InChI=1S/Li.Mg.Mn.Ni.4O/q+1;+2;;+2;;;2*-1. The van der Waals surface area contributed by atoms with Crippen LogP contribution in [0.1, 0.15) is 0 Å². The molecular weight excluding hydrogens is 209 g/mol. The molecule has 0 spiro atoms. The van der Waals surface area contributed by atoms with Gasteiger partial charge in [-0.1, -0.05) is 0 Å². The van der Waals surface area contributed by atoms with Crippen LogP contribution in [0.4, 0.5) is 0 Å². The zero-order chi connectivity index (χ0) is 4.50. The van der Waals surface area contributed by atoms with Crippen molar-refractivity contribution in [3.8, 4) is 0 Å². The molecule has 0 aromatic rings. The normalized spacial score (nSPS) is 7.25. The molecule has 0 aromatic heterocycles. The summed E-state index contributed by atoms with van der Waals surface area (Å²) in [5, 5.41) is 0. The Hall–Kier alpha value is 1.90. The van der Waals surface area contributed by atoms with Gasteiger partial charge in [0.2, 0.25) is 0 Å². The molecule has 0 aliphatic rings. The molecule has 0 aliphatic carbocycles. The molecule has 0 bridgehead atoms. The first-order valence-corrected chi connectivity index (χ1v) is 2.54. The molecule has 0 radical (unpaired) electrons. The van der Waals surface area contributed by atoms with E-state index in [0.717, 1.165) is 0 Å². The fraction of sp³-hybridized carbons (Fsp3) is 0. The van der Waals surface area contributed by atoms with Gasteiger partial charge in [0.15, 0.2) is 0 Å². The topological polar surface area (TPSA) is 80.3 Å². The summed E-state index contributed by atoms with van der Waals surface area (Å²) < 4.78 is 34.3. The van der Waals surface area contributed by atoms with E-state index in [0.29, 0.717) is 0 Å². The van der Waals surface area contributed by atoms with E-state index in [2.05, 4.69) is 0 Å². The van der Waals surface area contributed by atoms with E-state index in [9.17, 15) is 0 Å². The maximum absolute atomic E-state index is 8.58. The molecule has 0 aromatic carbocycles. The summed E-state index contributed by atoms with van der Waals surface area (Å²) in [7, 11) is 0. The van der Waals surface area contributed by atoms with Crippen LogP contribution in [-0.4, -0.2) is 23.1 Å². The van der Waals surface area contributed by atoms with Gasteiger partial charge in [0.05, 0.1) is 0 Å².